The van der Waals surface area contributed by atoms with Crippen LogP contribution in [0.5, 0.6) is 0 Å². The smallest absolute Gasteiger partial charge is 0.0574 e. The molecule has 270 valence electrons. The molecule has 3 aromatic carbocycles. The van der Waals surface area contributed by atoms with Crippen molar-refractivity contribution in [3.63, 3.8) is 0 Å². The lowest BCUT2D eigenvalue weighted by molar-refractivity contribution is 0.647. The summed E-state index contributed by atoms with van der Waals surface area (Å²) in [7, 11) is 0. The minimum Gasteiger partial charge on any atom is -0.399 e. The lowest BCUT2D eigenvalue weighted by atomic mass is 9.99. The zero-order valence-electron chi connectivity index (χ0n) is 32.1. The maximum Gasteiger partial charge on any atom is 0.0574 e. The first-order valence-corrected chi connectivity index (χ1v) is 18.6. The lowest BCUT2D eigenvalue weighted by Gasteiger charge is -2.24. The molecule has 0 saturated heterocycles. The molecule has 5 heteroatoms. The summed E-state index contributed by atoms with van der Waals surface area (Å²) in [5, 5.41) is 7.69. The fourth-order valence-electron chi connectivity index (χ4n) is 5.67. The Labute approximate surface area is 304 Å². The fourth-order valence-corrected chi connectivity index (χ4v) is 5.67. The normalized spacial score (nSPS) is 11.1. The monoisotopic (exact) mass is 676 g/mol. The van der Waals surface area contributed by atoms with Gasteiger partial charge < -0.3 is 16.4 Å². The minimum atomic E-state index is 0.645. The Bertz CT molecular complexity index is 1490. The van der Waals surface area contributed by atoms with Crippen LogP contribution in [-0.2, 0) is 19.3 Å². The molecule has 0 unspecified atom stereocenters. The number of rotatable bonds is 16. The van der Waals surface area contributed by atoms with Gasteiger partial charge in [-0.3, -0.25) is 0 Å². The minimum absolute atomic E-state index is 0.645. The van der Waals surface area contributed by atoms with Crippen molar-refractivity contribution in [1.29, 1.82) is 0 Å². The van der Waals surface area contributed by atoms with Crippen molar-refractivity contribution >= 4 is 11.4 Å². The van der Waals surface area contributed by atoms with E-state index in [2.05, 4.69) is 143 Å². The van der Waals surface area contributed by atoms with Crippen LogP contribution in [0.4, 0.5) is 5.69 Å². The molecule has 4 aromatic rings. The van der Waals surface area contributed by atoms with Gasteiger partial charge in [0.15, 0.2) is 0 Å². The van der Waals surface area contributed by atoms with Crippen LogP contribution in [0, 0.1) is 17.8 Å². The number of hydrogen-bond donors (Lipinski definition) is 2. The molecule has 0 amide bonds. The van der Waals surface area contributed by atoms with Crippen molar-refractivity contribution < 1.29 is 0 Å². The first-order valence-electron chi connectivity index (χ1n) is 18.6. The average Bonchev–Trinajstić information content (AvgIpc) is 3.10. The molecule has 4 N–H and O–H groups in total. The third kappa shape index (κ3) is 16.9. The maximum absolute atomic E-state index is 5.94. The van der Waals surface area contributed by atoms with Crippen molar-refractivity contribution in [2.45, 2.75) is 87.0 Å². The Morgan fingerprint density at radius 1 is 0.720 bits per heavy atom. The SMILES string of the molecule is C=CCCN(CCC)c1ccc(CC(C)C)cc1.CC(C)Cc1ccc(/C(N)=C/CCN)cc1.CC(C)Cc1cccc(-c2ccnnc2)c1. The molecule has 0 aliphatic rings. The van der Waals surface area contributed by atoms with Gasteiger partial charge >= 0.3 is 0 Å². The summed E-state index contributed by atoms with van der Waals surface area (Å²) >= 11 is 0. The van der Waals surface area contributed by atoms with Crippen molar-refractivity contribution in [1.82, 2.24) is 10.2 Å². The molecule has 0 atom stereocenters. The van der Waals surface area contributed by atoms with E-state index in [-0.39, 0.29) is 0 Å². The topological polar surface area (TPSA) is 81.1 Å². The van der Waals surface area contributed by atoms with Crippen LogP contribution in [-0.4, -0.2) is 29.8 Å². The number of nitrogens with two attached hydrogens (primary N) is 2. The van der Waals surface area contributed by atoms with Gasteiger partial charge in [0, 0.05) is 30.0 Å². The molecular weight excluding hydrogens is 611 g/mol. The van der Waals surface area contributed by atoms with E-state index in [0.717, 1.165) is 61.5 Å². The Morgan fingerprint density at radius 3 is 1.84 bits per heavy atom. The zero-order chi connectivity index (χ0) is 36.7. The van der Waals surface area contributed by atoms with Crippen LogP contribution in [0.25, 0.3) is 16.8 Å². The van der Waals surface area contributed by atoms with E-state index in [1.165, 1.54) is 40.8 Å². The highest BCUT2D eigenvalue weighted by Crippen LogP contribution is 2.21. The molecule has 1 heterocycles. The highest BCUT2D eigenvalue weighted by Gasteiger charge is 2.06. The molecule has 4 rings (SSSR count). The molecule has 0 bridgehead atoms. The Hall–Kier alpha value is -4.22. The van der Waals surface area contributed by atoms with Crippen LogP contribution >= 0.6 is 0 Å². The van der Waals surface area contributed by atoms with Gasteiger partial charge in [-0.1, -0.05) is 121 Å². The van der Waals surface area contributed by atoms with Gasteiger partial charge in [-0.25, -0.2) is 0 Å². The second-order valence-corrected chi connectivity index (χ2v) is 14.3. The summed E-state index contributed by atoms with van der Waals surface area (Å²) in [4.78, 5) is 2.45. The maximum atomic E-state index is 5.94. The number of aromatic nitrogens is 2. The highest BCUT2D eigenvalue weighted by atomic mass is 15.1. The Balaban J connectivity index is 0.000000261. The molecule has 0 radical (unpaired) electrons. The van der Waals surface area contributed by atoms with E-state index in [1.54, 1.807) is 12.4 Å². The predicted molar refractivity (Wildman–Crippen MR) is 219 cm³/mol. The van der Waals surface area contributed by atoms with Crippen molar-refractivity contribution in [3.8, 4) is 11.1 Å². The second-order valence-electron chi connectivity index (χ2n) is 14.3. The number of anilines is 1. The van der Waals surface area contributed by atoms with Crippen molar-refractivity contribution in [2.75, 3.05) is 24.5 Å². The van der Waals surface area contributed by atoms with Crippen LogP contribution in [0.3, 0.4) is 0 Å². The third-order valence-corrected chi connectivity index (χ3v) is 7.99. The number of nitrogens with zero attached hydrogens (tertiary/aromatic N) is 3. The van der Waals surface area contributed by atoms with Crippen LogP contribution in [0.1, 0.15) is 90.0 Å². The average molecular weight is 676 g/mol. The van der Waals surface area contributed by atoms with Gasteiger partial charge in [0.1, 0.15) is 0 Å². The first-order chi connectivity index (χ1) is 24.1. The summed E-state index contributed by atoms with van der Waals surface area (Å²) in [5.41, 5.74) is 21.1. The summed E-state index contributed by atoms with van der Waals surface area (Å²) < 4.78 is 0. The van der Waals surface area contributed by atoms with E-state index in [4.69, 9.17) is 11.5 Å². The van der Waals surface area contributed by atoms with Crippen LogP contribution < -0.4 is 16.4 Å². The molecule has 0 aliphatic heterocycles. The molecule has 0 saturated carbocycles. The number of hydrogen-bond acceptors (Lipinski definition) is 5. The molecule has 0 aliphatic carbocycles. The van der Waals surface area contributed by atoms with Crippen molar-refractivity contribution in [2.24, 2.45) is 29.2 Å². The van der Waals surface area contributed by atoms with Crippen LogP contribution in [0.2, 0.25) is 0 Å². The van der Waals surface area contributed by atoms with E-state index < -0.39 is 0 Å². The quantitative estimate of drug-likeness (QED) is 0.116. The third-order valence-electron chi connectivity index (χ3n) is 7.99. The lowest BCUT2D eigenvalue weighted by Crippen LogP contribution is -2.24. The molecular formula is C45H65N5. The highest BCUT2D eigenvalue weighted by molar-refractivity contribution is 5.63. The molecule has 1 aromatic heterocycles. The van der Waals surface area contributed by atoms with Gasteiger partial charge in [0.05, 0.1) is 12.4 Å². The zero-order valence-corrected chi connectivity index (χ0v) is 32.1. The van der Waals surface area contributed by atoms with Crippen LogP contribution in [0.15, 0.2) is 110 Å². The summed E-state index contributed by atoms with van der Waals surface area (Å²) in [6.45, 7) is 22.3. The molecule has 50 heavy (non-hydrogen) atoms. The fraction of sp³-hybridized carbons (Fsp3) is 0.422. The molecule has 0 fully saturated rings. The standard InChI is InChI=1S/C17H27N.C14H16N2.C14H22N2/c1-5-7-13-18(12-6-2)17-10-8-16(9-11-17)14-15(3)4;1-11(2)8-12-4-3-5-13(9-12)14-6-7-15-16-10-14;1-11(2)10-12-5-7-13(8-6-12)14(16)4-3-9-15/h5,8-11,15H,1,6-7,12-14H2,2-4H3;3-7,9-11H,8H2,1-2H3;4-8,11H,3,9-10,15-16H2,1-2H3/b;;14-4-. The second kappa shape index (κ2) is 24.0. The Morgan fingerprint density at radius 2 is 1.32 bits per heavy atom. The van der Waals surface area contributed by atoms with Gasteiger partial charge in [-0.15, -0.1) is 6.58 Å². The van der Waals surface area contributed by atoms with Gasteiger partial charge in [0.2, 0.25) is 0 Å². The summed E-state index contributed by atoms with van der Waals surface area (Å²) in [5.74, 6) is 2.10. The van der Waals surface area contributed by atoms with Crippen molar-refractivity contribution in [3.05, 3.63) is 132 Å². The summed E-state index contributed by atoms with van der Waals surface area (Å²) in [6, 6.07) is 28.1. The van der Waals surface area contributed by atoms with E-state index in [9.17, 15) is 0 Å². The van der Waals surface area contributed by atoms with E-state index >= 15 is 0 Å². The van der Waals surface area contributed by atoms with Gasteiger partial charge in [-0.05, 0) is 109 Å². The summed E-state index contributed by atoms with van der Waals surface area (Å²) in [6.07, 6.45) is 14.0. The van der Waals surface area contributed by atoms with E-state index in [0.29, 0.717) is 18.4 Å². The molecule has 0 spiro atoms. The van der Waals surface area contributed by atoms with Gasteiger partial charge in [-0.2, -0.15) is 10.2 Å². The number of benzene rings is 3. The Kier molecular flexibility index (Phi) is 20.2. The largest absolute Gasteiger partial charge is 0.399 e. The first kappa shape index (κ1) is 41.9. The van der Waals surface area contributed by atoms with Gasteiger partial charge in [0.25, 0.3) is 0 Å². The predicted octanol–water partition coefficient (Wildman–Crippen LogP) is 10.6. The molecule has 5 nitrogen and oxygen atoms in total. The van der Waals surface area contributed by atoms with E-state index in [1.807, 2.05) is 18.2 Å².